The molecule has 6 nitrogen and oxygen atoms in total. The van der Waals surface area contributed by atoms with Crippen molar-refractivity contribution in [2.45, 2.75) is 12.3 Å². The number of aryl methyl sites for hydroxylation is 1. The number of rotatable bonds is 6. The molecular formula is C21H22N2O4. The molecule has 0 aliphatic heterocycles. The molecule has 2 aromatic carbocycles. The van der Waals surface area contributed by atoms with Crippen LogP contribution in [-0.4, -0.2) is 43.0 Å². The fourth-order valence-corrected chi connectivity index (χ4v) is 3.75. The van der Waals surface area contributed by atoms with Gasteiger partial charge in [0.1, 0.15) is 18.1 Å². The molecule has 1 heterocycles. The molecule has 0 spiro atoms. The summed E-state index contributed by atoms with van der Waals surface area (Å²) in [6, 6.07) is 9.90. The predicted octanol–water partition coefficient (Wildman–Crippen LogP) is 3.33. The molecule has 0 bridgehead atoms. The van der Waals surface area contributed by atoms with Gasteiger partial charge in [0.05, 0.1) is 25.4 Å². The molecule has 4 rings (SSSR count). The second kappa shape index (κ2) is 7.04. The van der Waals surface area contributed by atoms with Gasteiger partial charge in [-0.2, -0.15) is 5.10 Å². The van der Waals surface area contributed by atoms with Gasteiger partial charge in [-0.3, -0.25) is 9.48 Å². The van der Waals surface area contributed by atoms with Crippen molar-refractivity contribution in [3.8, 4) is 11.5 Å². The van der Waals surface area contributed by atoms with E-state index in [9.17, 15) is 4.79 Å². The summed E-state index contributed by atoms with van der Waals surface area (Å²) in [5.41, 5.74) is 3.75. The van der Waals surface area contributed by atoms with E-state index in [1.807, 2.05) is 30.1 Å². The molecule has 0 radical (unpaired) electrons. The Morgan fingerprint density at radius 2 is 2.04 bits per heavy atom. The maximum absolute atomic E-state index is 12.7. The number of carbonyl (C=O) groups is 1. The number of Topliss-reactive ketones (excluding diaryl/α,β-unsaturated/α-hetero) is 1. The maximum atomic E-state index is 12.7. The van der Waals surface area contributed by atoms with Crippen molar-refractivity contribution in [2.75, 3.05) is 27.4 Å². The molecule has 140 valence electrons. The van der Waals surface area contributed by atoms with Gasteiger partial charge in [-0.15, -0.1) is 0 Å². The van der Waals surface area contributed by atoms with Crippen LogP contribution >= 0.6 is 0 Å². The third-order valence-electron chi connectivity index (χ3n) is 5.11. The van der Waals surface area contributed by atoms with E-state index in [0.717, 1.165) is 22.0 Å². The Hall–Kier alpha value is -2.86. The first-order valence-electron chi connectivity index (χ1n) is 8.91. The molecule has 6 heteroatoms. The molecule has 0 saturated carbocycles. The molecule has 1 unspecified atom stereocenters. The zero-order valence-electron chi connectivity index (χ0n) is 15.7. The Bertz CT molecular complexity index is 1010. The lowest BCUT2D eigenvalue weighted by molar-refractivity contribution is 0.0990. The minimum atomic E-state index is -0.0326. The van der Waals surface area contributed by atoms with Gasteiger partial charge >= 0.3 is 0 Å². The highest BCUT2D eigenvalue weighted by Crippen LogP contribution is 2.45. The predicted molar refractivity (Wildman–Crippen MR) is 102 cm³/mol. The number of methoxy groups -OCH3 is 2. The Kier molecular flexibility index (Phi) is 4.58. The summed E-state index contributed by atoms with van der Waals surface area (Å²) in [7, 11) is 5.17. The van der Waals surface area contributed by atoms with Crippen LogP contribution in [0.4, 0.5) is 0 Å². The van der Waals surface area contributed by atoms with Crippen LogP contribution in [0.25, 0.3) is 10.9 Å². The van der Waals surface area contributed by atoms with E-state index < -0.39 is 0 Å². The van der Waals surface area contributed by atoms with E-state index in [1.54, 1.807) is 14.2 Å². The molecule has 0 fully saturated rings. The normalized spacial score (nSPS) is 16.0. The van der Waals surface area contributed by atoms with Gasteiger partial charge in [-0.05, 0) is 17.7 Å². The number of carbonyl (C=O) groups excluding carboxylic acids is 1. The minimum Gasteiger partial charge on any atom is -0.496 e. The highest BCUT2D eigenvalue weighted by atomic mass is 16.5. The molecule has 0 saturated heterocycles. The Morgan fingerprint density at radius 1 is 1.19 bits per heavy atom. The summed E-state index contributed by atoms with van der Waals surface area (Å²) in [4.78, 5) is 12.7. The van der Waals surface area contributed by atoms with Gasteiger partial charge in [-0.1, -0.05) is 12.1 Å². The molecule has 1 aliphatic rings. The molecule has 27 heavy (non-hydrogen) atoms. The van der Waals surface area contributed by atoms with Crippen molar-refractivity contribution in [3.63, 3.8) is 0 Å². The fourth-order valence-electron chi connectivity index (χ4n) is 3.75. The van der Waals surface area contributed by atoms with E-state index in [1.165, 1.54) is 0 Å². The Balaban J connectivity index is 1.76. The third-order valence-corrected chi connectivity index (χ3v) is 5.11. The standard InChI is InChI=1S/C21H22N2O4/c1-23-18-8-13(4-5-14(18)12-22-23)16-11-19(24)17-9-15(27-7-6-25-2)10-20(26-3)21(16)17/h4-5,8-10,12,16H,6-7,11H2,1-3H3. The summed E-state index contributed by atoms with van der Waals surface area (Å²) in [6.07, 6.45) is 2.27. The van der Waals surface area contributed by atoms with Crippen molar-refractivity contribution < 1.29 is 19.0 Å². The van der Waals surface area contributed by atoms with Crippen LogP contribution in [-0.2, 0) is 11.8 Å². The van der Waals surface area contributed by atoms with E-state index in [0.29, 0.717) is 36.7 Å². The van der Waals surface area contributed by atoms with Gasteiger partial charge in [0.25, 0.3) is 0 Å². The van der Waals surface area contributed by atoms with Crippen LogP contribution in [0, 0.1) is 0 Å². The van der Waals surface area contributed by atoms with Crippen molar-refractivity contribution in [3.05, 3.63) is 53.2 Å². The number of hydrogen-bond donors (Lipinski definition) is 0. The molecular weight excluding hydrogens is 344 g/mol. The average Bonchev–Trinajstić information content (AvgIpc) is 3.22. The number of fused-ring (bicyclic) bond motifs is 2. The number of hydrogen-bond acceptors (Lipinski definition) is 5. The topological polar surface area (TPSA) is 62.6 Å². The first-order valence-corrected chi connectivity index (χ1v) is 8.91. The lowest BCUT2D eigenvalue weighted by atomic mass is 9.91. The van der Waals surface area contributed by atoms with Gasteiger partial charge in [0, 0.05) is 49.1 Å². The van der Waals surface area contributed by atoms with Crippen LogP contribution in [0.2, 0.25) is 0 Å². The number of ketones is 1. The number of aromatic nitrogens is 2. The zero-order valence-corrected chi connectivity index (χ0v) is 15.7. The van der Waals surface area contributed by atoms with E-state index in [-0.39, 0.29) is 11.7 Å². The molecule has 1 aliphatic carbocycles. The summed E-state index contributed by atoms with van der Waals surface area (Å²) in [6.45, 7) is 0.911. The van der Waals surface area contributed by atoms with Gasteiger partial charge < -0.3 is 14.2 Å². The minimum absolute atomic E-state index is 0.0326. The number of benzene rings is 2. The summed E-state index contributed by atoms with van der Waals surface area (Å²) >= 11 is 0. The fraction of sp³-hybridized carbons (Fsp3) is 0.333. The van der Waals surface area contributed by atoms with E-state index in [2.05, 4.69) is 23.3 Å². The van der Waals surface area contributed by atoms with E-state index >= 15 is 0 Å². The average molecular weight is 366 g/mol. The molecule has 1 aromatic heterocycles. The maximum Gasteiger partial charge on any atom is 0.164 e. The van der Waals surface area contributed by atoms with Gasteiger partial charge in [-0.25, -0.2) is 0 Å². The van der Waals surface area contributed by atoms with Gasteiger partial charge in [0.15, 0.2) is 5.78 Å². The third kappa shape index (κ3) is 3.06. The molecule has 0 amide bonds. The number of ether oxygens (including phenoxy) is 3. The Labute approximate surface area is 157 Å². The smallest absolute Gasteiger partial charge is 0.164 e. The largest absolute Gasteiger partial charge is 0.496 e. The summed E-state index contributed by atoms with van der Waals surface area (Å²) < 4.78 is 18.2. The van der Waals surface area contributed by atoms with Crippen LogP contribution in [0.1, 0.15) is 33.8 Å². The van der Waals surface area contributed by atoms with Crippen LogP contribution in [0.5, 0.6) is 11.5 Å². The SMILES string of the molecule is COCCOc1cc(OC)c2c(c1)C(=O)CC2c1ccc2cnn(C)c2c1. The highest BCUT2D eigenvalue weighted by Gasteiger charge is 2.34. The molecule has 0 N–H and O–H groups in total. The quantitative estimate of drug-likeness (QED) is 0.626. The van der Waals surface area contributed by atoms with Crippen LogP contribution in [0.3, 0.4) is 0 Å². The monoisotopic (exact) mass is 366 g/mol. The van der Waals surface area contributed by atoms with E-state index in [4.69, 9.17) is 14.2 Å². The van der Waals surface area contributed by atoms with Crippen molar-refractivity contribution >= 4 is 16.7 Å². The lowest BCUT2D eigenvalue weighted by Gasteiger charge is -2.17. The molecule has 3 aromatic rings. The van der Waals surface area contributed by atoms with Crippen molar-refractivity contribution in [1.82, 2.24) is 9.78 Å². The second-order valence-corrected chi connectivity index (χ2v) is 6.69. The Morgan fingerprint density at radius 3 is 2.81 bits per heavy atom. The second-order valence-electron chi connectivity index (χ2n) is 6.69. The van der Waals surface area contributed by atoms with Crippen LogP contribution < -0.4 is 9.47 Å². The lowest BCUT2D eigenvalue weighted by Crippen LogP contribution is -2.06. The van der Waals surface area contributed by atoms with Crippen molar-refractivity contribution in [2.24, 2.45) is 7.05 Å². The first-order chi connectivity index (χ1) is 13.1. The van der Waals surface area contributed by atoms with Crippen molar-refractivity contribution in [1.29, 1.82) is 0 Å². The van der Waals surface area contributed by atoms with Gasteiger partial charge in [0.2, 0.25) is 0 Å². The summed E-state index contributed by atoms with van der Waals surface area (Å²) in [5, 5.41) is 5.38. The molecule has 1 atom stereocenters. The highest BCUT2D eigenvalue weighted by molar-refractivity contribution is 6.03. The first kappa shape index (κ1) is 17.5. The zero-order chi connectivity index (χ0) is 19.0. The number of nitrogens with zero attached hydrogens (tertiary/aromatic N) is 2. The summed E-state index contributed by atoms with van der Waals surface area (Å²) in [5.74, 6) is 1.38. The van der Waals surface area contributed by atoms with Crippen LogP contribution in [0.15, 0.2) is 36.5 Å².